The number of nitrogens with one attached hydrogen (secondary N) is 1. The summed E-state index contributed by atoms with van der Waals surface area (Å²) in [5, 5.41) is 11.5. The van der Waals surface area contributed by atoms with Crippen LogP contribution in [-0.2, 0) is 16.0 Å². The zero-order valence-corrected chi connectivity index (χ0v) is 16.1. The molecule has 0 aromatic heterocycles. The summed E-state index contributed by atoms with van der Waals surface area (Å²) in [5.74, 6) is -0.882. The number of ether oxygens (including phenoxy) is 1. The number of carboxylic acid groups (broad SMARTS) is 1. The summed E-state index contributed by atoms with van der Waals surface area (Å²) in [4.78, 5) is 37.0. The highest BCUT2D eigenvalue weighted by molar-refractivity contribution is 6.04. The molecule has 0 spiro atoms. The Labute approximate surface area is 169 Å². The highest BCUT2D eigenvalue weighted by atomic mass is 16.5. The van der Waals surface area contributed by atoms with Gasteiger partial charge >= 0.3 is 5.97 Å². The van der Waals surface area contributed by atoms with Crippen LogP contribution in [0, 0.1) is 0 Å². The van der Waals surface area contributed by atoms with Gasteiger partial charge in [-0.15, -0.1) is 0 Å². The number of aliphatic carboxylic acids is 1. The molecule has 1 fully saturated rings. The molecule has 2 aromatic rings. The van der Waals surface area contributed by atoms with E-state index in [1.807, 2.05) is 17.0 Å². The third-order valence-electron chi connectivity index (χ3n) is 4.76. The molecular formula is C22H24N2O5. The van der Waals surface area contributed by atoms with E-state index in [2.05, 4.69) is 5.32 Å². The summed E-state index contributed by atoms with van der Waals surface area (Å²) in [6, 6.07) is 13.8. The number of likely N-dealkylation sites (tertiary alicyclic amines) is 1. The molecule has 0 unspecified atom stereocenters. The van der Waals surface area contributed by atoms with Crippen molar-refractivity contribution in [2.75, 3.05) is 25.0 Å². The lowest BCUT2D eigenvalue weighted by Gasteiger charge is -2.15. The maximum atomic E-state index is 12.4. The van der Waals surface area contributed by atoms with Crippen molar-refractivity contribution in [3.8, 4) is 5.75 Å². The van der Waals surface area contributed by atoms with Crippen molar-refractivity contribution in [2.24, 2.45) is 0 Å². The molecule has 3 rings (SSSR count). The minimum absolute atomic E-state index is 0.199. The third kappa shape index (κ3) is 6.07. The highest BCUT2D eigenvalue weighted by Crippen LogP contribution is 2.17. The van der Waals surface area contributed by atoms with Gasteiger partial charge in [0, 0.05) is 30.8 Å². The maximum Gasteiger partial charge on any atom is 0.341 e. The first-order valence-electron chi connectivity index (χ1n) is 9.64. The molecule has 0 bridgehead atoms. The second-order valence-corrected chi connectivity index (χ2v) is 6.95. The molecule has 0 radical (unpaired) electrons. The van der Waals surface area contributed by atoms with Crippen molar-refractivity contribution >= 4 is 23.5 Å². The molecule has 1 aliphatic heterocycles. The third-order valence-corrected chi connectivity index (χ3v) is 4.76. The fourth-order valence-electron chi connectivity index (χ4n) is 3.21. The topological polar surface area (TPSA) is 95.9 Å². The molecule has 29 heavy (non-hydrogen) atoms. The molecule has 0 atom stereocenters. The number of rotatable bonds is 8. The molecule has 1 saturated heterocycles. The second-order valence-electron chi connectivity index (χ2n) is 6.95. The number of hydrogen-bond acceptors (Lipinski definition) is 4. The van der Waals surface area contributed by atoms with Crippen LogP contribution in [0.2, 0.25) is 0 Å². The van der Waals surface area contributed by atoms with E-state index in [1.54, 1.807) is 30.3 Å². The van der Waals surface area contributed by atoms with Crippen LogP contribution < -0.4 is 10.1 Å². The Morgan fingerprint density at radius 1 is 1.03 bits per heavy atom. The average molecular weight is 396 g/mol. The van der Waals surface area contributed by atoms with E-state index in [4.69, 9.17) is 9.84 Å². The lowest BCUT2D eigenvalue weighted by molar-refractivity contribution is -0.139. The first-order valence-corrected chi connectivity index (χ1v) is 9.64. The van der Waals surface area contributed by atoms with Gasteiger partial charge in [0.25, 0.3) is 5.91 Å². The van der Waals surface area contributed by atoms with Gasteiger partial charge in [-0.1, -0.05) is 18.2 Å². The van der Waals surface area contributed by atoms with E-state index >= 15 is 0 Å². The maximum absolute atomic E-state index is 12.4. The van der Waals surface area contributed by atoms with E-state index in [-0.39, 0.29) is 11.8 Å². The number of anilines is 1. The van der Waals surface area contributed by atoms with Gasteiger partial charge < -0.3 is 20.1 Å². The van der Waals surface area contributed by atoms with E-state index in [0.29, 0.717) is 29.8 Å². The minimum Gasteiger partial charge on any atom is -0.482 e. The van der Waals surface area contributed by atoms with Crippen molar-refractivity contribution in [3.05, 3.63) is 59.7 Å². The zero-order chi connectivity index (χ0) is 20.6. The second kappa shape index (κ2) is 9.73. The molecule has 2 amide bonds. The largest absolute Gasteiger partial charge is 0.482 e. The van der Waals surface area contributed by atoms with Gasteiger partial charge in [0.1, 0.15) is 5.75 Å². The van der Waals surface area contributed by atoms with Crippen LogP contribution >= 0.6 is 0 Å². The summed E-state index contributed by atoms with van der Waals surface area (Å²) < 4.78 is 5.10. The molecule has 7 nitrogen and oxygen atoms in total. The number of carboxylic acids is 1. The first-order chi connectivity index (χ1) is 14.0. The van der Waals surface area contributed by atoms with Gasteiger partial charge in [-0.2, -0.15) is 0 Å². The molecule has 0 saturated carbocycles. The van der Waals surface area contributed by atoms with Crippen molar-refractivity contribution in [2.45, 2.75) is 25.7 Å². The first kappa shape index (κ1) is 20.4. The van der Waals surface area contributed by atoms with Gasteiger partial charge in [0.2, 0.25) is 5.91 Å². The predicted molar refractivity (Wildman–Crippen MR) is 108 cm³/mol. The Morgan fingerprint density at radius 2 is 1.76 bits per heavy atom. The monoisotopic (exact) mass is 396 g/mol. The quantitative estimate of drug-likeness (QED) is 0.715. The van der Waals surface area contributed by atoms with Gasteiger partial charge in [-0.05, 0) is 55.2 Å². The molecule has 7 heteroatoms. The van der Waals surface area contributed by atoms with E-state index in [0.717, 1.165) is 31.5 Å². The predicted octanol–water partition coefficient (Wildman–Crippen LogP) is 2.96. The van der Waals surface area contributed by atoms with E-state index in [1.165, 1.54) is 6.07 Å². The van der Waals surface area contributed by atoms with E-state index < -0.39 is 12.6 Å². The molecule has 1 aliphatic rings. The molecule has 1 heterocycles. The fraction of sp³-hybridized carbons (Fsp3) is 0.318. The Morgan fingerprint density at radius 3 is 2.45 bits per heavy atom. The SMILES string of the molecule is O=C(O)COc1cccc(C(=O)Nc2ccc(CCC(=O)N3CCCC3)cc2)c1. The Hall–Kier alpha value is -3.35. The van der Waals surface area contributed by atoms with Crippen molar-refractivity contribution in [1.29, 1.82) is 0 Å². The van der Waals surface area contributed by atoms with Gasteiger partial charge in [-0.25, -0.2) is 4.79 Å². The number of benzene rings is 2. The molecular weight excluding hydrogens is 372 g/mol. The smallest absolute Gasteiger partial charge is 0.341 e. The van der Waals surface area contributed by atoms with Crippen LogP contribution in [0.15, 0.2) is 48.5 Å². The number of aryl methyl sites for hydroxylation is 1. The summed E-state index contributed by atoms with van der Waals surface area (Å²) >= 11 is 0. The summed E-state index contributed by atoms with van der Waals surface area (Å²) in [7, 11) is 0. The summed E-state index contributed by atoms with van der Waals surface area (Å²) in [5.41, 5.74) is 2.05. The van der Waals surface area contributed by atoms with Gasteiger partial charge in [0.05, 0.1) is 0 Å². The van der Waals surface area contributed by atoms with E-state index in [9.17, 15) is 14.4 Å². The van der Waals surface area contributed by atoms with Crippen LogP contribution in [0.4, 0.5) is 5.69 Å². The van der Waals surface area contributed by atoms with Gasteiger partial charge in [-0.3, -0.25) is 9.59 Å². The zero-order valence-electron chi connectivity index (χ0n) is 16.1. The highest BCUT2D eigenvalue weighted by Gasteiger charge is 2.17. The minimum atomic E-state index is -1.08. The number of amides is 2. The fourth-order valence-corrected chi connectivity index (χ4v) is 3.21. The normalized spacial score (nSPS) is 13.2. The lowest BCUT2D eigenvalue weighted by Crippen LogP contribution is -2.27. The lowest BCUT2D eigenvalue weighted by atomic mass is 10.1. The van der Waals surface area contributed by atoms with Crippen molar-refractivity contribution in [1.82, 2.24) is 4.90 Å². The number of nitrogens with zero attached hydrogens (tertiary/aromatic N) is 1. The Bertz CT molecular complexity index is 873. The van der Waals surface area contributed by atoms with Crippen molar-refractivity contribution in [3.63, 3.8) is 0 Å². The Kier molecular flexibility index (Phi) is 6.84. The van der Waals surface area contributed by atoms with Crippen LogP contribution in [0.1, 0.15) is 35.2 Å². The average Bonchev–Trinajstić information content (AvgIpc) is 3.27. The summed E-state index contributed by atoms with van der Waals surface area (Å²) in [6.07, 6.45) is 3.35. The van der Waals surface area contributed by atoms with Crippen LogP contribution in [-0.4, -0.2) is 47.5 Å². The molecule has 2 aromatic carbocycles. The van der Waals surface area contributed by atoms with Crippen LogP contribution in [0.5, 0.6) is 5.75 Å². The van der Waals surface area contributed by atoms with Crippen LogP contribution in [0.3, 0.4) is 0 Å². The number of carbonyl (C=O) groups excluding carboxylic acids is 2. The Balaban J connectivity index is 1.52. The molecule has 152 valence electrons. The number of carbonyl (C=O) groups is 3. The molecule has 2 N–H and O–H groups in total. The van der Waals surface area contributed by atoms with Gasteiger partial charge in [0.15, 0.2) is 6.61 Å². The molecule has 0 aliphatic carbocycles. The summed E-state index contributed by atoms with van der Waals surface area (Å²) in [6.45, 7) is 1.27. The standard InChI is InChI=1S/C22H24N2O5/c25-20(24-12-1-2-13-24)11-8-16-6-9-18(10-7-16)23-22(28)17-4-3-5-19(14-17)29-15-21(26)27/h3-7,9-10,14H,1-2,8,11-13,15H2,(H,23,28)(H,26,27). The number of hydrogen-bond donors (Lipinski definition) is 2. The van der Waals surface area contributed by atoms with Crippen LogP contribution in [0.25, 0.3) is 0 Å². The van der Waals surface area contributed by atoms with Crippen molar-refractivity contribution < 1.29 is 24.2 Å².